The summed E-state index contributed by atoms with van der Waals surface area (Å²) in [6.07, 6.45) is 2.66. The monoisotopic (exact) mass is 250 g/mol. The lowest BCUT2D eigenvalue weighted by atomic mass is 9.98. The smallest absolute Gasteiger partial charge is 0.227 e. The average Bonchev–Trinajstić information content (AvgIpc) is 2.89. The van der Waals surface area contributed by atoms with Crippen LogP contribution in [0.2, 0.25) is 0 Å². The second-order valence-corrected chi connectivity index (χ2v) is 4.80. The molecule has 1 amide bonds. The van der Waals surface area contributed by atoms with Crippen LogP contribution in [0, 0.1) is 11.7 Å². The first-order valence-electron chi connectivity index (χ1n) is 6.44. The summed E-state index contributed by atoms with van der Waals surface area (Å²) in [6, 6.07) is 6.38. The Labute approximate surface area is 107 Å². The van der Waals surface area contributed by atoms with Crippen molar-refractivity contribution in [3.63, 3.8) is 0 Å². The molecule has 4 heteroatoms. The quantitative estimate of drug-likeness (QED) is 0.881. The van der Waals surface area contributed by atoms with Crippen LogP contribution in [0.3, 0.4) is 0 Å². The third kappa shape index (κ3) is 3.07. The van der Waals surface area contributed by atoms with Gasteiger partial charge in [-0.3, -0.25) is 4.79 Å². The van der Waals surface area contributed by atoms with Crippen LogP contribution in [0.25, 0.3) is 0 Å². The molecule has 18 heavy (non-hydrogen) atoms. The molecule has 1 heterocycles. The molecular formula is C14H19FN2O. The van der Waals surface area contributed by atoms with Crippen LogP contribution in [0.4, 0.5) is 4.39 Å². The lowest BCUT2D eigenvalue weighted by Gasteiger charge is -2.22. The van der Waals surface area contributed by atoms with E-state index < -0.39 is 0 Å². The number of likely N-dealkylation sites (tertiary alicyclic amines) is 1. The van der Waals surface area contributed by atoms with Gasteiger partial charge in [-0.1, -0.05) is 12.1 Å². The van der Waals surface area contributed by atoms with Crippen molar-refractivity contribution in [2.45, 2.75) is 19.3 Å². The Morgan fingerprint density at radius 1 is 1.39 bits per heavy atom. The molecule has 1 aromatic carbocycles. The molecule has 0 spiro atoms. The van der Waals surface area contributed by atoms with Gasteiger partial charge in [-0.25, -0.2) is 4.39 Å². The molecule has 1 aliphatic rings. The summed E-state index contributed by atoms with van der Waals surface area (Å²) in [5, 5.41) is 0. The van der Waals surface area contributed by atoms with E-state index in [-0.39, 0.29) is 17.6 Å². The molecule has 0 radical (unpaired) electrons. The Balaban J connectivity index is 2.02. The molecule has 0 bridgehead atoms. The topological polar surface area (TPSA) is 46.3 Å². The van der Waals surface area contributed by atoms with Gasteiger partial charge in [0.15, 0.2) is 0 Å². The molecule has 98 valence electrons. The standard InChI is InChI=1S/C14H19FN2O/c15-13-5-3-4-11(9-13)8-12(10-16)14(18)17-6-1-2-7-17/h3-5,9,12H,1-2,6-8,10,16H2. The summed E-state index contributed by atoms with van der Waals surface area (Å²) in [5.74, 6) is -0.388. The Morgan fingerprint density at radius 2 is 2.11 bits per heavy atom. The van der Waals surface area contributed by atoms with Crippen molar-refractivity contribution < 1.29 is 9.18 Å². The van der Waals surface area contributed by atoms with Crippen LogP contribution < -0.4 is 5.73 Å². The normalized spacial score (nSPS) is 16.9. The Morgan fingerprint density at radius 3 is 2.72 bits per heavy atom. The number of halogens is 1. The van der Waals surface area contributed by atoms with Gasteiger partial charge in [-0.05, 0) is 37.0 Å². The van der Waals surface area contributed by atoms with Crippen molar-refractivity contribution in [3.05, 3.63) is 35.6 Å². The van der Waals surface area contributed by atoms with Gasteiger partial charge in [-0.2, -0.15) is 0 Å². The van der Waals surface area contributed by atoms with Crippen molar-refractivity contribution in [3.8, 4) is 0 Å². The number of carbonyl (C=O) groups excluding carboxylic acids is 1. The van der Waals surface area contributed by atoms with Gasteiger partial charge in [0.1, 0.15) is 5.82 Å². The first-order valence-corrected chi connectivity index (χ1v) is 6.44. The number of nitrogens with two attached hydrogens (primary N) is 1. The summed E-state index contributed by atoms with van der Waals surface area (Å²) in [5.41, 5.74) is 6.52. The van der Waals surface area contributed by atoms with Crippen molar-refractivity contribution in [2.24, 2.45) is 11.7 Å². The zero-order valence-electron chi connectivity index (χ0n) is 10.4. The fourth-order valence-corrected chi connectivity index (χ4v) is 2.42. The summed E-state index contributed by atoms with van der Waals surface area (Å²) in [7, 11) is 0. The maximum absolute atomic E-state index is 13.1. The Bertz CT molecular complexity index is 416. The zero-order valence-corrected chi connectivity index (χ0v) is 10.4. The number of hydrogen-bond acceptors (Lipinski definition) is 2. The highest BCUT2D eigenvalue weighted by Crippen LogP contribution is 2.16. The summed E-state index contributed by atoms with van der Waals surface area (Å²) in [4.78, 5) is 14.1. The van der Waals surface area contributed by atoms with E-state index in [0.29, 0.717) is 13.0 Å². The fraction of sp³-hybridized carbons (Fsp3) is 0.500. The van der Waals surface area contributed by atoms with Gasteiger partial charge in [0.05, 0.1) is 5.92 Å². The zero-order chi connectivity index (χ0) is 13.0. The maximum Gasteiger partial charge on any atom is 0.227 e. The van der Waals surface area contributed by atoms with E-state index in [1.807, 2.05) is 11.0 Å². The van der Waals surface area contributed by atoms with Crippen molar-refractivity contribution in [1.29, 1.82) is 0 Å². The minimum Gasteiger partial charge on any atom is -0.342 e. The van der Waals surface area contributed by atoms with Crippen molar-refractivity contribution >= 4 is 5.91 Å². The van der Waals surface area contributed by atoms with Crippen molar-refractivity contribution in [2.75, 3.05) is 19.6 Å². The molecule has 2 N–H and O–H groups in total. The molecule has 1 fully saturated rings. The van der Waals surface area contributed by atoms with Gasteiger partial charge in [-0.15, -0.1) is 0 Å². The highest BCUT2D eigenvalue weighted by Gasteiger charge is 2.25. The molecule has 0 aliphatic carbocycles. The van der Waals surface area contributed by atoms with Gasteiger partial charge in [0.25, 0.3) is 0 Å². The van der Waals surface area contributed by atoms with Gasteiger partial charge < -0.3 is 10.6 Å². The fourth-order valence-electron chi connectivity index (χ4n) is 2.42. The molecule has 0 saturated carbocycles. The number of nitrogens with zero attached hydrogens (tertiary/aromatic N) is 1. The van der Waals surface area contributed by atoms with E-state index >= 15 is 0 Å². The van der Waals surface area contributed by atoms with E-state index in [0.717, 1.165) is 31.5 Å². The number of hydrogen-bond donors (Lipinski definition) is 1. The number of benzene rings is 1. The molecule has 0 aromatic heterocycles. The average molecular weight is 250 g/mol. The van der Waals surface area contributed by atoms with E-state index in [2.05, 4.69) is 0 Å². The number of rotatable bonds is 4. The first kappa shape index (κ1) is 13.0. The Kier molecular flexibility index (Phi) is 4.31. The highest BCUT2D eigenvalue weighted by atomic mass is 19.1. The summed E-state index contributed by atoms with van der Waals surface area (Å²) >= 11 is 0. The van der Waals surface area contributed by atoms with Crippen LogP contribution in [-0.2, 0) is 11.2 Å². The third-order valence-electron chi connectivity index (χ3n) is 3.42. The minimum absolute atomic E-state index is 0.110. The van der Waals surface area contributed by atoms with E-state index in [1.165, 1.54) is 12.1 Å². The summed E-state index contributed by atoms with van der Waals surface area (Å²) in [6.45, 7) is 1.98. The molecule has 1 aliphatic heterocycles. The van der Waals surface area contributed by atoms with Crippen molar-refractivity contribution in [1.82, 2.24) is 4.90 Å². The molecule has 3 nitrogen and oxygen atoms in total. The van der Waals surface area contributed by atoms with E-state index in [1.54, 1.807) is 6.07 Å². The molecule has 1 unspecified atom stereocenters. The minimum atomic E-state index is -0.267. The SMILES string of the molecule is NCC(Cc1cccc(F)c1)C(=O)N1CCCC1. The second-order valence-electron chi connectivity index (χ2n) is 4.80. The van der Waals surface area contributed by atoms with Crippen LogP contribution in [-0.4, -0.2) is 30.4 Å². The van der Waals surface area contributed by atoms with E-state index in [9.17, 15) is 9.18 Å². The van der Waals surface area contributed by atoms with Crippen LogP contribution in [0.5, 0.6) is 0 Å². The molecule has 1 atom stereocenters. The first-order chi connectivity index (χ1) is 8.70. The van der Waals surface area contributed by atoms with Gasteiger partial charge in [0, 0.05) is 19.6 Å². The predicted octanol–water partition coefficient (Wildman–Crippen LogP) is 1.57. The predicted molar refractivity (Wildman–Crippen MR) is 68.5 cm³/mol. The lowest BCUT2D eigenvalue weighted by molar-refractivity contribution is -0.134. The van der Waals surface area contributed by atoms with Gasteiger partial charge >= 0.3 is 0 Å². The molecule has 1 saturated heterocycles. The number of amides is 1. The highest BCUT2D eigenvalue weighted by molar-refractivity contribution is 5.79. The van der Waals surface area contributed by atoms with Gasteiger partial charge in [0.2, 0.25) is 5.91 Å². The maximum atomic E-state index is 13.1. The molecular weight excluding hydrogens is 231 g/mol. The molecule has 1 aromatic rings. The number of carbonyl (C=O) groups is 1. The third-order valence-corrected chi connectivity index (χ3v) is 3.42. The van der Waals surface area contributed by atoms with Crippen LogP contribution in [0.1, 0.15) is 18.4 Å². The molecule has 2 rings (SSSR count). The largest absolute Gasteiger partial charge is 0.342 e. The Hall–Kier alpha value is -1.42. The second kappa shape index (κ2) is 5.96. The van der Waals surface area contributed by atoms with Crippen LogP contribution >= 0.6 is 0 Å². The van der Waals surface area contributed by atoms with E-state index in [4.69, 9.17) is 5.73 Å². The lowest BCUT2D eigenvalue weighted by Crippen LogP contribution is -2.38. The van der Waals surface area contributed by atoms with Crippen LogP contribution in [0.15, 0.2) is 24.3 Å². The summed E-state index contributed by atoms with van der Waals surface area (Å²) < 4.78 is 13.1.